The molecule has 0 spiro atoms. The lowest BCUT2D eigenvalue weighted by atomic mass is 10.1. The lowest BCUT2D eigenvalue weighted by Gasteiger charge is -2.24. The molecule has 0 radical (unpaired) electrons. The summed E-state index contributed by atoms with van der Waals surface area (Å²) in [7, 11) is -2.27. The van der Waals surface area contributed by atoms with Crippen molar-refractivity contribution in [1.82, 2.24) is 4.98 Å². The molecule has 0 aliphatic rings. The first-order valence-electron chi connectivity index (χ1n) is 10.1. The topological polar surface area (TPSA) is 72.6 Å². The van der Waals surface area contributed by atoms with Crippen LogP contribution in [-0.4, -0.2) is 20.5 Å². The Morgan fingerprint density at radius 2 is 1.66 bits per heavy atom. The van der Waals surface area contributed by atoms with Crippen molar-refractivity contribution in [3.63, 3.8) is 0 Å². The summed E-state index contributed by atoms with van der Waals surface area (Å²) in [6.45, 7) is 3.83. The van der Waals surface area contributed by atoms with E-state index in [4.69, 9.17) is 9.15 Å². The van der Waals surface area contributed by atoms with Crippen molar-refractivity contribution < 1.29 is 17.6 Å². The number of methoxy groups -OCH3 is 1. The Balaban J connectivity index is 1.76. The maximum Gasteiger partial charge on any atom is 0.264 e. The molecule has 7 heteroatoms. The molecule has 0 saturated heterocycles. The number of ether oxygens (including phenoxy) is 1. The molecule has 0 bridgehead atoms. The normalized spacial score (nSPS) is 11.3. The second-order valence-electron chi connectivity index (χ2n) is 7.41. The molecule has 0 aliphatic heterocycles. The number of sulfonamides is 1. The summed E-state index contributed by atoms with van der Waals surface area (Å²) in [5.41, 5.74) is 3.00. The SMILES string of the molecule is COc1ccc(N(Cc2nc(-c3cccc(C)c3)oc2C)S(=O)(=O)c2ccccc2)cc1. The lowest BCUT2D eigenvalue weighted by molar-refractivity contribution is 0.415. The molecule has 0 amide bonds. The van der Waals surface area contributed by atoms with Crippen molar-refractivity contribution in [1.29, 1.82) is 0 Å². The summed E-state index contributed by atoms with van der Waals surface area (Å²) in [5.74, 6) is 1.68. The molecule has 6 nitrogen and oxygen atoms in total. The number of hydrogen-bond acceptors (Lipinski definition) is 5. The van der Waals surface area contributed by atoms with Crippen LogP contribution in [0.3, 0.4) is 0 Å². The quantitative estimate of drug-likeness (QED) is 0.380. The van der Waals surface area contributed by atoms with Crippen molar-refractivity contribution >= 4 is 15.7 Å². The minimum Gasteiger partial charge on any atom is -0.497 e. The van der Waals surface area contributed by atoms with Crippen molar-refractivity contribution in [2.45, 2.75) is 25.3 Å². The first kappa shape index (κ1) is 21.6. The molecule has 32 heavy (non-hydrogen) atoms. The fourth-order valence-electron chi connectivity index (χ4n) is 3.40. The molecule has 0 saturated carbocycles. The zero-order valence-electron chi connectivity index (χ0n) is 18.1. The Labute approximate surface area is 188 Å². The highest BCUT2D eigenvalue weighted by Gasteiger charge is 2.27. The minimum absolute atomic E-state index is 0.0324. The molecule has 0 unspecified atom stereocenters. The Morgan fingerprint density at radius 3 is 2.31 bits per heavy atom. The number of aryl methyl sites for hydroxylation is 2. The van der Waals surface area contributed by atoms with Gasteiger partial charge in [0.05, 0.1) is 24.2 Å². The summed E-state index contributed by atoms with van der Waals surface area (Å²) in [4.78, 5) is 4.83. The average molecular weight is 449 g/mol. The molecule has 4 rings (SSSR count). The highest BCUT2D eigenvalue weighted by molar-refractivity contribution is 7.92. The lowest BCUT2D eigenvalue weighted by Crippen LogP contribution is -2.31. The van der Waals surface area contributed by atoms with Gasteiger partial charge in [0.15, 0.2) is 0 Å². The smallest absolute Gasteiger partial charge is 0.264 e. The Bertz CT molecular complexity index is 1310. The van der Waals surface area contributed by atoms with Gasteiger partial charge < -0.3 is 9.15 Å². The van der Waals surface area contributed by atoms with Gasteiger partial charge in [0.25, 0.3) is 10.0 Å². The van der Waals surface area contributed by atoms with Gasteiger partial charge in [0.2, 0.25) is 5.89 Å². The van der Waals surface area contributed by atoms with Crippen LogP contribution in [0, 0.1) is 13.8 Å². The van der Waals surface area contributed by atoms with Gasteiger partial charge in [-0.2, -0.15) is 0 Å². The molecule has 1 aromatic heterocycles. The van der Waals surface area contributed by atoms with Crippen LogP contribution < -0.4 is 9.04 Å². The van der Waals surface area contributed by atoms with Crippen LogP contribution in [0.1, 0.15) is 17.0 Å². The minimum atomic E-state index is -3.84. The molecule has 4 aromatic rings. The van der Waals surface area contributed by atoms with Crippen LogP contribution in [0.5, 0.6) is 5.75 Å². The number of benzene rings is 3. The molecular formula is C25H24N2O4S. The van der Waals surface area contributed by atoms with Gasteiger partial charge in [-0.25, -0.2) is 13.4 Å². The summed E-state index contributed by atoms with van der Waals surface area (Å²) in [6.07, 6.45) is 0. The third-order valence-electron chi connectivity index (χ3n) is 5.14. The Hall–Kier alpha value is -3.58. The van der Waals surface area contributed by atoms with Crippen molar-refractivity contribution in [3.8, 4) is 17.2 Å². The standard InChI is InChI=1S/C25H24N2O4S/c1-18-8-7-9-20(16-18)25-26-24(19(2)31-25)17-27(21-12-14-22(30-3)15-13-21)32(28,29)23-10-5-4-6-11-23/h4-16H,17H2,1-3H3. The predicted octanol–water partition coefficient (Wildman–Crippen LogP) is 5.36. The van der Waals surface area contributed by atoms with Gasteiger partial charge in [-0.1, -0.05) is 35.9 Å². The van der Waals surface area contributed by atoms with Crippen LogP contribution in [0.4, 0.5) is 5.69 Å². The summed E-state index contributed by atoms with van der Waals surface area (Å²) in [5, 5.41) is 0. The van der Waals surface area contributed by atoms with Gasteiger partial charge >= 0.3 is 0 Å². The van der Waals surface area contributed by atoms with Gasteiger partial charge in [-0.15, -0.1) is 0 Å². The molecule has 0 aliphatic carbocycles. The molecule has 164 valence electrons. The van der Waals surface area contributed by atoms with E-state index in [-0.39, 0.29) is 11.4 Å². The van der Waals surface area contributed by atoms with Gasteiger partial charge in [0, 0.05) is 5.56 Å². The number of aromatic nitrogens is 1. The van der Waals surface area contributed by atoms with Crippen molar-refractivity contribution in [2.75, 3.05) is 11.4 Å². The second-order valence-corrected chi connectivity index (χ2v) is 9.28. The predicted molar refractivity (Wildman–Crippen MR) is 124 cm³/mol. The zero-order chi connectivity index (χ0) is 22.7. The van der Waals surface area contributed by atoms with E-state index >= 15 is 0 Å². The van der Waals surface area contributed by atoms with Crippen molar-refractivity contribution in [2.24, 2.45) is 0 Å². The van der Waals surface area contributed by atoms with Gasteiger partial charge in [0.1, 0.15) is 17.2 Å². The van der Waals surface area contributed by atoms with Gasteiger partial charge in [-0.3, -0.25) is 4.31 Å². The fourth-order valence-corrected chi connectivity index (χ4v) is 4.84. The number of oxazole rings is 1. The van der Waals surface area contributed by atoms with E-state index in [0.29, 0.717) is 28.8 Å². The van der Waals surface area contributed by atoms with Crippen LogP contribution in [0.15, 0.2) is 88.2 Å². The first-order chi connectivity index (χ1) is 15.4. The maximum absolute atomic E-state index is 13.6. The van der Waals surface area contributed by atoms with Crippen LogP contribution >= 0.6 is 0 Å². The number of rotatable bonds is 7. The van der Waals surface area contributed by atoms with E-state index in [1.807, 2.05) is 31.2 Å². The van der Waals surface area contributed by atoms with Crippen molar-refractivity contribution in [3.05, 3.63) is 95.9 Å². The van der Waals surface area contributed by atoms with E-state index in [9.17, 15) is 8.42 Å². The van der Waals surface area contributed by atoms with Crippen LogP contribution in [0.25, 0.3) is 11.5 Å². The van der Waals surface area contributed by atoms with E-state index in [1.54, 1.807) is 68.6 Å². The number of hydrogen-bond donors (Lipinski definition) is 0. The van der Waals surface area contributed by atoms with Crippen LogP contribution in [0.2, 0.25) is 0 Å². The zero-order valence-corrected chi connectivity index (χ0v) is 19.0. The average Bonchev–Trinajstić information content (AvgIpc) is 3.18. The molecule has 1 heterocycles. The number of nitrogens with zero attached hydrogens (tertiary/aromatic N) is 2. The number of anilines is 1. The highest BCUT2D eigenvalue weighted by Crippen LogP contribution is 2.30. The molecular weight excluding hydrogens is 424 g/mol. The second kappa shape index (κ2) is 8.88. The van der Waals surface area contributed by atoms with E-state index < -0.39 is 10.0 Å². The van der Waals surface area contributed by atoms with E-state index in [1.165, 1.54) is 4.31 Å². The van der Waals surface area contributed by atoms with Gasteiger partial charge in [-0.05, 0) is 62.4 Å². The monoisotopic (exact) mass is 448 g/mol. The molecule has 0 atom stereocenters. The fraction of sp³-hybridized carbons (Fsp3) is 0.160. The third kappa shape index (κ3) is 4.38. The summed E-state index contributed by atoms with van der Waals surface area (Å²) >= 11 is 0. The summed E-state index contributed by atoms with van der Waals surface area (Å²) in [6, 6.07) is 23.1. The maximum atomic E-state index is 13.6. The molecule has 0 fully saturated rings. The van der Waals surface area contributed by atoms with Crippen LogP contribution in [-0.2, 0) is 16.6 Å². The Morgan fingerprint density at radius 1 is 0.938 bits per heavy atom. The van der Waals surface area contributed by atoms with E-state index in [0.717, 1.165) is 11.1 Å². The molecule has 0 N–H and O–H groups in total. The van der Waals surface area contributed by atoms with E-state index in [2.05, 4.69) is 4.98 Å². The molecule has 3 aromatic carbocycles. The highest BCUT2D eigenvalue weighted by atomic mass is 32.2. The third-order valence-corrected chi connectivity index (χ3v) is 6.93. The Kier molecular flexibility index (Phi) is 6.01. The first-order valence-corrected chi connectivity index (χ1v) is 11.6. The largest absolute Gasteiger partial charge is 0.497 e. The summed E-state index contributed by atoms with van der Waals surface area (Å²) < 4.78 is 39.6.